The fraction of sp³-hybridized carbons (Fsp3) is 0.517. The summed E-state index contributed by atoms with van der Waals surface area (Å²) in [5.74, 6) is -0.579. The standard InChI is InChI=1S/C29H38FN3O4/c1-2-20-7-6-8-22(13-20)29(10-11-29)32-18-26(34)25-16-21-14-23(30)17-24(15-21)37-12-5-3-4-9-27(35)31-19-28(36)33-25/h6-8,13-15,17,25-26,32,34H,2-5,9-12,16,18-19H2,1H3,(H,31,35)(H,33,36)/t25?,26-/m1/s1. The van der Waals surface area contributed by atoms with Gasteiger partial charge in [0, 0.05) is 24.6 Å². The molecule has 2 bridgehead atoms. The topological polar surface area (TPSA) is 99.7 Å². The molecule has 0 spiro atoms. The molecule has 2 aliphatic rings. The van der Waals surface area contributed by atoms with Crippen LogP contribution in [0, 0.1) is 5.82 Å². The van der Waals surface area contributed by atoms with Crippen molar-refractivity contribution in [1.82, 2.24) is 16.0 Å². The molecule has 37 heavy (non-hydrogen) atoms. The summed E-state index contributed by atoms with van der Waals surface area (Å²) in [6.07, 6.45) is 4.74. The van der Waals surface area contributed by atoms with Gasteiger partial charge < -0.3 is 25.8 Å². The zero-order valence-electron chi connectivity index (χ0n) is 21.5. The highest BCUT2D eigenvalue weighted by Gasteiger charge is 2.44. The van der Waals surface area contributed by atoms with Gasteiger partial charge in [0.2, 0.25) is 11.8 Å². The molecule has 0 saturated heterocycles. The van der Waals surface area contributed by atoms with Crippen LogP contribution >= 0.6 is 0 Å². The Balaban J connectivity index is 1.48. The van der Waals surface area contributed by atoms with Gasteiger partial charge in [-0.05, 0) is 73.8 Å². The number of amides is 2. The quantitative estimate of drug-likeness (QED) is 0.478. The van der Waals surface area contributed by atoms with Gasteiger partial charge in [0.05, 0.1) is 25.3 Å². The van der Waals surface area contributed by atoms with Crippen LogP contribution in [0.15, 0.2) is 42.5 Å². The van der Waals surface area contributed by atoms with Crippen molar-refractivity contribution in [2.45, 2.75) is 76.0 Å². The summed E-state index contributed by atoms with van der Waals surface area (Å²) in [6.45, 7) is 2.64. The average Bonchev–Trinajstić information content (AvgIpc) is 3.68. The molecule has 1 aliphatic heterocycles. The third kappa shape index (κ3) is 7.76. The van der Waals surface area contributed by atoms with Crippen molar-refractivity contribution in [2.75, 3.05) is 19.7 Å². The van der Waals surface area contributed by atoms with Crippen LogP contribution in [-0.4, -0.2) is 48.8 Å². The van der Waals surface area contributed by atoms with Gasteiger partial charge in [0.25, 0.3) is 0 Å². The molecule has 4 rings (SSSR count). The highest BCUT2D eigenvalue weighted by atomic mass is 19.1. The molecular formula is C29H38FN3O4. The van der Waals surface area contributed by atoms with E-state index in [4.69, 9.17) is 4.74 Å². The molecule has 4 N–H and O–H groups in total. The molecule has 1 unspecified atom stereocenters. The van der Waals surface area contributed by atoms with Gasteiger partial charge in [-0.15, -0.1) is 0 Å². The van der Waals surface area contributed by atoms with E-state index < -0.39 is 23.9 Å². The van der Waals surface area contributed by atoms with Crippen molar-refractivity contribution >= 4 is 11.8 Å². The number of carbonyl (C=O) groups is 2. The molecule has 1 saturated carbocycles. The van der Waals surface area contributed by atoms with Crippen molar-refractivity contribution in [3.63, 3.8) is 0 Å². The first-order valence-corrected chi connectivity index (χ1v) is 13.4. The van der Waals surface area contributed by atoms with Gasteiger partial charge in [0.1, 0.15) is 11.6 Å². The first kappa shape index (κ1) is 27.1. The fourth-order valence-electron chi connectivity index (χ4n) is 4.86. The van der Waals surface area contributed by atoms with E-state index in [0.29, 0.717) is 30.8 Å². The van der Waals surface area contributed by atoms with Crippen molar-refractivity contribution in [1.29, 1.82) is 0 Å². The Morgan fingerprint density at radius 3 is 2.76 bits per heavy atom. The molecule has 1 fully saturated rings. The minimum atomic E-state index is -0.932. The normalized spacial score (nSPS) is 21.3. The molecule has 7 nitrogen and oxygen atoms in total. The Bertz CT molecular complexity index is 1090. The summed E-state index contributed by atoms with van der Waals surface area (Å²) in [6, 6.07) is 12.3. The molecule has 1 heterocycles. The van der Waals surface area contributed by atoms with E-state index in [1.165, 1.54) is 23.3 Å². The van der Waals surface area contributed by atoms with Crippen LogP contribution < -0.4 is 20.7 Å². The predicted molar refractivity (Wildman–Crippen MR) is 140 cm³/mol. The van der Waals surface area contributed by atoms with E-state index in [2.05, 4.69) is 47.1 Å². The van der Waals surface area contributed by atoms with Crippen LogP contribution in [0.4, 0.5) is 4.39 Å². The lowest BCUT2D eigenvalue weighted by molar-refractivity contribution is -0.126. The number of aryl methyl sites for hydroxylation is 1. The third-order valence-electron chi connectivity index (χ3n) is 7.25. The Morgan fingerprint density at radius 1 is 1.14 bits per heavy atom. The lowest BCUT2D eigenvalue weighted by Crippen LogP contribution is -2.52. The number of aliphatic hydroxyl groups excluding tert-OH is 1. The maximum absolute atomic E-state index is 14.4. The summed E-state index contributed by atoms with van der Waals surface area (Å²) in [7, 11) is 0. The van der Waals surface area contributed by atoms with Gasteiger partial charge >= 0.3 is 0 Å². The van der Waals surface area contributed by atoms with E-state index in [1.807, 2.05) is 0 Å². The average molecular weight is 512 g/mol. The SMILES string of the molecule is CCc1cccc(C2(NC[C@@H](O)C3Cc4cc(F)cc(c4)OCCCCCC(=O)NCC(=O)N3)CC2)c1. The molecule has 200 valence electrons. The highest BCUT2D eigenvalue weighted by molar-refractivity contribution is 5.84. The lowest BCUT2D eigenvalue weighted by atomic mass is 9.98. The van der Waals surface area contributed by atoms with E-state index in [0.717, 1.165) is 32.1 Å². The molecule has 2 aromatic rings. The molecular weight excluding hydrogens is 473 g/mol. The molecule has 8 heteroatoms. The van der Waals surface area contributed by atoms with Crippen LogP contribution in [0.1, 0.15) is 62.1 Å². The van der Waals surface area contributed by atoms with Crippen molar-refractivity contribution in [3.05, 3.63) is 65.0 Å². The first-order valence-electron chi connectivity index (χ1n) is 13.4. The van der Waals surface area contributed by atoms with Gasteiger partial charge in [-0.2, -0.15) is 0 Å². The molecule has 0 radical (unpaired) electrons. The van der Waals surface area contributed by atoms with Gasteiger partial charge in [0.15, 0.2) is 0 Å². The molecule has 2 amide bonds. The van der Waals surface area contributed by atoms with Crippen molar-refractivity contribution in [2.24, 2.45) is 0 Å². The van der Waals surface area contributed by atoms with Crippen LogP contribution in [0.3, 0.4) is 0 Å². The third-order valence-corrected chi connectivity index (χ3v) is 7.25. The van der Waals surface area contributed by atoms with Gasteiger partial charge in [-0.25, -0.2) is 4.39 Å². The largest absolute Gasteiger partial charge is 0.493 e. The summed E-state index contributed by atoms with van der Waals surface area (Å²) in [4.78, 5) is 24.8. The van der Waals surface area contributed by atoms with E-state index in [1.54, 1.807) is 6.07 Å². The lowest BCUT2D eigenvalue weighted by Gasteiger charge is -2.27. The minimum Gasteiger partial charge on any atom is -0.493 e. The number of benzene rings is 2. The van der Waals surface area contributed by atoms with Crippen LogP contribution in [0.25, 0.3) is 0 Å². The molecule has 2 atom stereocenters. The van der Waals surface area contributed by atoms with Crippen molar-refractivity contribution in [3.8, 4) is 5.75 Å². The van der Waals surface area contributed by atoms with Crippen molar-refractivity contribution < 1.29 is 23.8 Å². The Hall–Kier alpha value is -2.97. The van der Waals surface area contributed by atoms with E-state index in [-0.39, 0.29) is 31.0 Å². The maximum Gasteiger partial charge on any atom is 0.239 e. The van der Waals surface area contributed by atoms with Gasteiger partial charge in [-0.3, -0.25) is 9.59 Å². The zero-order chi connectivity index (χ0) is 26.3. The number of ether oxygens (including phenoxy) is 1. The number of aliphatic hydroxyl groups is 1. The zero-order valence-corrected chi connectivity index (χ0v) is 21.5. The van der Waals surface area contributed by atoms with Crippen LogP contribution in [-0.2, 0) is 28.0 Å². The highest BCUT2D eigenvalue weighted by Crippen LogP contribution is 2.45. The first-order chi connectivity index (χ1) is 17.9. The van der Waals surface area contributed by atoms with Crippen LogP contribution in [0.2, 0.25) is 0 Å². The van der Waals surface area contributed by atoms with Gasteiger partial charge in [-0.1, -0.05) is 31.2 Å². The second-order valence-corrected chi connectivity index (χ2v) is 10.2. The summed E-state index contributed by atoms with van der Waals surface area (Å²) < 4.78 is 20.1. The predicted octanol–water partition coefficient (Wildman–Crippen LogP) is 3.12. The number of nitrogens with one attached hydrogen (secondary N) is 3. The van der Waals surface area contributed by atoms with E-state index >= 15 is 0 Å². The fourth-order valence-corrected chi connectivity index (χ4v) is 4.86. The Morgan fingerprint density at radius 2 is 1.97 bits per heavy atom. The number of hydrogen-bond acceptors (Lipinski definition) is 5. The number of fused-ring (bicyclic) bond motifs is 2. The summed E-state index contributed by atoms with van der Waals surface area (Å²) >= 11 is 0. The smallest absolute Gasteiger partial charge is 0.239 e. The molecule has 0 aromatic heterocycles. The Labute approximate surface area is 218 Å². The second kappa shape index (κ2) is 12.5. The molecule has 2 aromatic carbocycles. The number of rotatable bonds is 6. The number of halogens is 1. The Kier molecular flexibility index (Phi) is 9.16. The second-order valence-electron chi connectivity index (χ2n) is 10.2. The number of carbonyl (C=O) groups excluding carboxylic acids is 2. The molecule has 1 aliphatic carbocycles. The van der Waals surface area contributed by atoms with E-state index in [9.17, 15) is 19.1 Å². The summed E-state index contributed by atoms with van der Waals surface area (Å²) in [5, 5.41) is 20.2. The number of hydrogen-bond donors (Lipinski definition) is 4. The maximum atomic E-state index is 14.4. The van der Waals surface area contributed by atoms with Crippen LogP contribution in [0.5, 0.6) is 5.75 Å². The minimum absolute atomic E-state index is 0.166. The monoisotopic (exact) mass is 511 g/mol. The summed E-state index contributed by atoms with van der Waals surface area (Å²) in [5.41, 5.74) is 2.91.